The number of allylic oxidation sites excluding steroid dienone is 2. The number of nitriles is 1. The molecule has 1 aromatic carbocycles. The van der Waals surface area contributed by atoms with Crippen LogP contribution in [0.3, 0.4) is 0 Å². The van der Waals surface area contributed by atoms with E-state index < -0.39 is 0 Å². The third-order valence-electron chi connectivity index (χ3n) is 4.45. The average molecular weight is 400 g/mol. The molecule has 3 nitrogen and oxygen atoms in total. The lowest BCUT2D eigenvalue weighted by Crippen LogP contribution is -2.13. The first-order valence-corrected chi connectivity index (χ1v) is 10.3. The zero-order chi connectivity index (χ0) is 20.1. The summed E-state index contributed by atoms with van der Waals surface area (Å²) in [6, 6.07) is 8.33. The molecule has 1 aliphatic rings. The number of halogens is 1. The van der Waals surface area contributed by atoms with Crippen LogP contribution in [0.5, 0.6) is 0 Å². The van der Waals surface area contributed by atoms with Crippen LogP contribution >= 0.6 is 22.9 Å². The monoisotopic (exact) mass is 399 g/mol. The van der Waals surface area contributed by atoms with Crippen LogP contribution < -0.4 is 5.73 Å². The zero-order valence-electron chi connectivity index (χ0n) is 16.4. The van der Waals surface area contributed by atoms with Crippen molar-refractivity contribution in [3.63, 3.8) is 0 Å². The van der Waals surface area contributed by atoms with Gasteiger partial charge < -0.3 is 10.6 Å². The van der Waals surface area contributed by atoms with Crippen molar-refractivity contribution in [2.45, 2.75) is 40.2 Å². The fraction of sp³-hybridized carbons (Fsp3) is 0.318. The van der Waals surface area contributed by atoms with Gasteiger partial charge >= 0.3 is 0 Å². The number of anilines is 1. The summed E-state index contributed by atoms with van der Waals surface area (Å²) in [5, 5.41) is 10.7. The summed E-state index contributed by atoms with van der Waals surface area (Å²) in [7, 11) is 2.04. The summed E-state index contributed by atoms with van der Waals surface area (Å²) in [6.07, 6.45) is 3.81. The molecular formula is C22H26ClN3S. The molecule has 0 spiro atoms. The molecule has 0 saturated heterocycles. The molecule has 27 heavy (non-hydrogen) atoms. The van der Waals surface area contributed by atoms with Gasteiger partial charge in [-0.05, 0) is 48.1 Å². The molecule has 1 aromatic heterocycles. The van der Waals surface area contributed by atoms with Gasteiger partial charge in [-0.1, -0.05) is 44.2 Å². The topological polar surface area (TPSA) is 53.1 Å². The largest absolute Gasteiger partial charge is 0.389 e. The van der Waals surface area contributed by atoms with Crippen LogP contribution in [0.1, 0.15) is 47.4 Å². The maximum Gasteiger partial charge on any atom is 0.105 e. The Morgan fingerprint density at radius 1 is 1.37 bits per heavy atom. The summed E-state index contributed by atoms with van der Waals surface area (Å²) in [5.74, 6) is 0. The highest BCUT2D eigenvalue weighted by molar-refractivity contribution is 7.17. The van der Waals surface area contributed by atoms with Crippen molar-refractivity contribution in [3.8, 4) is 6.07 Å². The second-order valence-electron chi connectivity index (χ2n) is 6.41. The SMILES string of the molecule is C=C1CCc2c(sc(N)c2C#N)/C1=C/N(C)Cc1ccc(Cl)c(C)c1.CC. The molecule has 2 N–H and O–H groups in total. The van der Waals surface area contributed by atoms with Crippen molar-refractivity contribution in [3.05, 3.63) is 68.7 Å². The summed E-state index contributed by atoms with van der Waals surface area (Å²) in [5.41, 5.74) is 12.2. The van der Waals surface area contributed by atoms with E-state index in [1.54, 1.807) is 0 Å². The summed E-state index contributed by atoms with van der Waals surface area (Å²) in [6.45, 7) is 11.0. The summed E-state index contributed by atoms with van der Waals surface area (Å²) < 4.78 is 0. The van der Waals surface area contributed by atoms with Gasteiger partial charge in [-0.25, -0.2) is 0 Å². The molecule has 0 atom stereocenters. The number of hydrogen-bond donors (Lipinski definition) is 1. The third-order valence-corrected chi connectivity index (χ3v) is 5.97. The number of nitrogen functional groups attached to an aromatic ring is 1. The quantitative estimate of drug-likeness (QED) is 0.671. The first kappa shape index (κ1) is 21.1. The number of benzene rings is 1. The van der Waals surface area contributed by atoms with Gasteiger partial charge in [0.2, 0.25) is 0 Å². The second kappa shape index (κ2) is 9.12. The first-order chi connectivity index (χ1) is 12.9. The molecule has 0 aliphatic heterocycles. The normalized spacial score (nSPS) is 14.2. The lowest BCUT2D eigenvalue weighted by atomic mass is 9.89. The summed E-state index contributed by atoms with van der Waals surface area (Å²) in [4.78, 5) is 3.23. The van der Waals surface area contributed by atoms with E-state index in [4.69, 9.17) is 17.3 Å². The smallest absolute Gasteiger partial charge is 0.105 e. The van der Waals surface area contributed by atoms with Crippen LogP contribution in [0.15, 0.2) is 36.6 Å². The lowest BCUT2D eigenvalue weighted by molar-refractivity contribution is 0.452. The Morgan fingerprint density at radius 2 is 2.07 bits per heavy atom. The van der Waals surface area contributed by atoms with Crippen LogP contribution in [0.2, 0.25) is 5.02 Å². The molecule has 0 bridgehead atoms. The molecule has 1 aliphatic carbocycles. The Kier molecular flexibility index (Phi) is 7.12. The predicted octanol–water partition coefficient (Wildman–Crippen LogP) is 6.17. The van der Waals surface area contributed by atoms with Crippen LogP contribution in [0.25, 0.3) is 5.57 Å². The minimum Gasteiger partial charge on any atom is -0.389 e. The van der Waals surface area contributed by atoms with Gasteiger partial charge in [0.15, 0.2) is 0 Å². The molecule has 1 heterocycles. The van der Waals surface area contributed by atoms with Crippen molar-refractivity contribution in [1.29, 1.82) is 5.26 Å². The van der Waals surface area contributed by atoms with Gasteiger partial charge in [0.25, 0.3) is 0 Å². The zero-order valence-corrected chi connectivity index (χ0v) is 18.0. The van der Waals surface area contributed by atoms with E-state index in [1.165, 1.54) is 16.9 Å². The molecule has 142 valence electrons. The molecule has 0 radical (unpaired) electrons. The number of thiophene rings is 1. The lowest BCUT2D eigenvalue weighted by Gasteiger charge is -2.22. The van der Waals surface area contributed by atoms with Crippen molar-refractivity contribution in [2.75, 3.05) is 12.8 Å². The fourth-order valence-electron chi connectivity index (χ4n) is 3.14. The van der Waals surface area contributed by atoms with Gasteiger partial charge in [0, 0.05) is 35.3 Å². The molecule has 2 aromatic rings. The number of nitrogens with two attached hydrogens (primary N) is 1. The predicted molar refractivity (Wildman–Crippen MR) is 118 cm³/mol. The Bertz CT molecular complexity index is 918. The highest BCUT2D eigenvalue weighted by atomic mass is 35.5. The van der Waals surface area contributed by atoms with E-state index in [1.807, 2.05) is 40.0 Å². The molecule has 0 unspecified atom stereocenters. The number of hydrogen-bond acceptors (Lipinski definition) is 4. The van der Waals surface area contributed by atoms with E-state index in [2.05, 4.69) is 29.8 Å². The Hall–Kier alpha value is -2.22. The first-order valence-electron chi connectivity index (χ1n) is 9.07. The summed E-state index contributed by atoms with van der Waals surface area (Å²) >= 11 is 7.59. The fourth-order valence-corrected chi connectivity index (χ4v) is 4.39. The van der Waals surface area contributed by atoms with E-state index in [9.17, 15) is 5.26 Å². The highest BCUT2D eigenvalue weighted by Gasteiger charge is 2.25. The maximum atomic E-state index is 9.35. The molecular weight excluding hydrogens is 374 g/mol. The van der Waals surface area contributed by atoms with Gasteiger partial charge in [0.1, 0.15) is 11.1 Å². The van der Waals surface area contributed by atoms with Crippen LogP contribution in [-0.2, 0) is 13.0 Å². The Labute approximate surface area is 171 Å². The minimum absolute atomic E-state index is 0.601. The van der Waals surface area contributed by atoms with Crippen molar-refractivity contribution >= 4 is 33.5 Å². The van der Waals surface area contributed by atoms with Gasteiger partial charge in [-0.3, -0.25) is 0 Å². The van der Waals surface area contributed by atoms with Crippen LogP contribution in [0.4, 0.5) is 5.00 Å². The van der Waals surface area contributed by atoms with E-state index >= 15 is 0 Å². The van der Waals surface area contributed by atoms with Crippen molar-refractivity contribution in [1.82, 2.24) is 4.90 Å². The molecule has 5 heteroatoms. The van der Waals surface area contributed by atoms with Crippen molar-refractivity contribution in [2.24, 2.45) is 0 Å². The standard InChI is InChI=1S/C20H20ClN3S.C2H6/c1-12-4-6-15-16(9-22)20(23)25-19(15)17(12)11-24(3)10-14-5-7-18(21)13(2)8-14;1-2/h5,7-8,11H,1,4,6,10,23H2,2-3H3;1-2H3/b17-11+;. The van der Waals surface area contributed by atoms with Crippen LogP contribution in [0, 0.1) is 18.3 Å². The van der Waals surface area contributed by atoms with E-state index in [0.29, 0.717) is 10.6 Å². The highest BCUT2D eigenvalue weighted by Crippen LogP contribution is 2.43. The second-order valence-corrected chi connectivity index (χ2v) is 7.87. The molecule has 0 saturated carbocycles. The van der Waals surface area contributed by atoms with E-state index in [-0.39, 0.29) is 0 Å². The Morgan fingerprint density at radius 3 is 2.70 bits per heavy atom. The molecule has 3 rings (SSSR count). The third kappa shape index (κ3) is 4.55. The number of aryl methyl sites for hydroxylation is 1. The van der Waals surface area contributed by atoms with Gasteiger partial charge in [-0.2, -0.15) is 5.26 Å². The number of nitrogens with zero attached hydrogens (tertiary/aromatic N) is 2. The maximum absolute atomic E-state index is 9.35. The number of fused-ring (bicyclic) bond motifs is 1. The van der Waals surface area contributed by atoms with Gasteiger partial charge in [0.05, 0.1) is 5.56 Å². The molecule has 0 fully saturated rings. The number of rotatable bonds is 3. The minimum atomic E-state index is 0.601. The van der Waals surface area contributed by atoms with Crippen molar-refractivity contribution < 1.29 is 0 Å². The average Bonchev–Trinajstić information content (AvgIpc) is 2.98. The van der Waals surface area contributed by atoms with Gasteiger partial charge in [-0.15, -0.1) is 11.3 Å². The van der Waals surface area contributed by atoms with Crippen LogP contribution in [-0.4, -0.2) is 11.9 Å². The van der Waals surface area contributed by atoms with E-state index in [0.717, 1.165) is 51.6 Å². The Balaban J connectivity index is 0.00000126. The molecule has 0 amide bonds.